The Bertz CT molecular complexity index is 606. The van der Waals surface area contributed by atoms with Gasteiger partial charge in [0.1, 0.15) is 0 Å². The zero-order valence-corrected chi connectivity index (χ0v) is 19.0. The Balaban J connectivity index is 2.56. The minimum atomic E-state index is 0.347. The molecule has 0 aromatic heterocycles. The van der Waals surface area contributed by atoms with E-state index in [9.17, 15) is 0 Å². The largest absolute Gasteiger partial charge is 0.493 e. The number of guanidine groups is 1. The lowest BCUT2D eigenvalue weighted by Crippen LogP contribution is -2.42. The quantitative estimate of drug-likeness (QED) is 0.402. The number of methoxy groups -OCH3 is 1. The molecule has 0 spiro atoms. The Kier molecular flexibility index (Phi) is 11.8. The molecule has 28 heavy (non-hydrogen) atoms. The van der Waals surface area contributed by atoms with Crippen LogP contribution in [-0.2, 0) is 6.54 Å². The third-order valence-corrected chi connectivity index (χ3v) is 4.93. The van der Waals surface area contributed by atoms with Gasteiger partial charge in [-0.25, -0.2) is 0 Å². The maximum Gasteiger partial charge on any atom is 0.191 e. The Morgan fingerprint density at radius 1 is 1.25 bits per heavy atom. The average molecular weight is 413 g/mol. The van der Waals surface area contributed by atoms with E-state index in [1.54, 1.807) is 14.2 Å². The van der Waals surface area contributed by atoms with Gasteiger partial charge in [0.05, 0.1) is 18.7 Å². The predicted octanol–water partition coefficient (Wildman–Crippen LogP) is 3.92. The molecule has 0 fully saturated rings. The van der Waals surface area contributed by atoms with Crippen LogP contribution in [0.3, 0.4) is 0 Å². The maximum atomic E-state index is 6.35. The third kappa shape index (κ3) is 8.15. The average Bonchev–Trinajstić information content (AvgIpc) is 2.70. The highest BCUT2D eigenvalue weighted by atomic mass is 35.5. The second-order valence-electron chi connectivity index (χ2n) is 6.68. The fourth-order valence-corrected chi connectivity index (χ4v) is 3.29. The van der Waals surface area contributed by atoms with Gasteiger partial charge < -0.3 is 25.0 Å². The molecular formula is C21H37ClN4O2. The first kappa shape index (κ1) is 24.4. The van der Waals surface area contributed by atoms with E-state index in [1.807, 2.05) is 19.1 Å². The lowest BCUT2D eigenvalue weighted by Gasteiger charge is -2.21. The smallest absolute Gasteiger partial charge is 0.191 e. The number of hydrogen-bond donors (Lipinski definition) is 2. The monoisotopic (exact) mass is 412 g/mol. The summed E-state index contributed by atoms with van der Waals surface area (Å²) in [6, 6.07) is 4.17. The van der Waals surface area contributed by atoms with Crippen molar-refractivity contribution in [3.8, 4) is 11.5 Å². The molecule has 0 saturated carbocycles. The summed E-state index contributed by atoms with van der Waals surface area (Å²) in [4.78, 5) is 6.77. The Morgan fingerprint density at radius 2 is 1.96 bits per heavy atom. The number of benzene rings is 1. The third-order valence-electron chi connectivity index (χ3n) is 4.65. The van der Waals surface area contributed by atoms with Gasteiger partial charge in [-0.15, -0.1) is 0 Å². The second-order valence-corrected chi connectivity index (χ2v) is 7.09. The summed E-state index contributed by atoms with van der Waals surface area (Å²) < 4.78 is 11.0. The van der Waals surface area contributed by atoms with Crippen LogP contribution in [-0.4, -0.2) is 57.3 Å². The summed E-state index contributed by atoms with van der Waals surface area (Å²) in [6.45, 7) is 13.0. The van der Waals surface area contributed by atoms with Crippen LogP contribution in [0.15, 0.2) is 17.1 Å². The molecule has 0 aliphatic heterocycles. The Hall–Kier alpha value is -1.66. The van der Waals surface area contributed by atoms with Crippen LogP contribution in [0.1, 0.15) is 46.1 Å². The molecule has 1 atom stereocenters. The minimum absolute atomic E-state index is 0.347. The fourth-order valence-electron chi connectivity index (χ4n) is 3.01. The highest BCUT2D eigenvalue weighted by Gasteiger charge is 2.12. The Morgan fingerprint density at radius 3 is 2.54 bits per heavy atom. The summed E-state index contributed by atoms with van der Waals surface area (Å²) >= 11 is 6.35. The SMILES string of the molecule is CCOc1c(Cl)cc(CNC(=NC)NC(C)CCCN(CC)CC)cc1OC. The molecule has 0 bridgehead atoms. The first-order valence-electron chi connectivity index (χ1n) is 10.2. The molecule has 0 heterocycles. The van der Waals surface area contributed by atoms with Crippen LogP contribution in [0.2, 0.25) is 5.02 Å². The van der Waals surface area contributed by atoms with Crippen molar-refractivity contribution >= 4 is 17.6 Å². The van der Waals surface area contributed by atoms with Crippen molar-refractivity contribution in [1.82, 2.24) is 15.5 Å². The van der Waals surface area contributed by atoms with Gasteiger partial charge in [-0.3, -0.25) is 4.99 Å². The lowest BCUT2D eigenvalue weighted by molar-refractivity contribution is 0.292. The van der Waals surface area contributed by atoms with Crippen molar-refractivity contribution in [2.24, 2.45) is 4.99 Å². The van der Waals surface area contributed by atoms with Crippen molar-refractivity contribution in [3.63, 3.8) is 0 Å². The number of rotatable bonds is 12. The first-order valence-corrected chi connectivity index (χ1v) is 10.5. The van der Waals surface area contributed by atoms with Gasteiger partial charge >= 0.3 is 0 Å². The summed E-state index contributed by atoms with van der Waals surface area (Å²) in [6.07, 6.45) is 2.26. The maximum absolute atomic E-state index is 6.35. The molecular weight excluding hydrogens is 376 g/mol. The van der Waals surface area contributed by atoms with Crippen LogP contribution in [0, 0.1) is 0 Å². The number of hydrogen-bond acceptors (Lipinski definition) is 4. The van der Waals surface area contributed by atoms with Crippen molar-refractivity contribution in [2.45, 2.75) is 53.1 Å². The lowest BCUT2D eigenvalue weighted by atomic mass is 10.1. The summed E-state index contributed by atoms with van der Waals surface area (Å²) in [5.41, 5.74) is 1.00. The molecule has 0 radical (unpaired) electrons. The van der Waals surface area contributed by atoms with Crippen LogP contribution < -0.4 is 20.1 Å². The highest BCUT2D eigenvalue weighted by Crippen LogP contribution is 2.36. The standard InChI is InChI=1S/C21H37ClN4O2/c1-7-26(8-2)12-10-11-16(4)25-21(23-5)24-15-17-13-18(22)20(28-9-3)19(14-17)27-6/h13-14,16H,7-12,15H2,1-6H3,(H2,23,24,25). The predicted molar refractivity (Wildman–Crippen MR) is 119 cm³/mol. The highest BCUT2D eigenvalue weighted by molar-refractivity contribution is 6.32. The second kappa shape index (κ2) is 13.5. The number of nitrogens with zero attached hydrogens (tertiary/aromatic N) is 2. The zero-order chi connectivity index (χ0) is 20.9. The van der Waals surface area contributed by atoms with Crippen LogP contribution in [0.5, 0.6) is 11.5 Å². The first-order chi connectivity index (χ1) is 13.5. The Labute approximate surface area is 175 Å². The molecule has 6 nitrogen and oxygen atoms in total. The summed E-state index contributed by atoms with van der Waals surface area (Å²) in [7, 11) is 3.40. The van der Waals surface area contributed by atoms with Crippen LogP contribution in [0.25, 0.3) is 0 Å². The molecule has 7 heteroatoms. The number of aliphatic imine (C=N–C) groups is 1. The van der Waals surface area contributed by atoms with E-state index in [1.165, 1.54) is 6.42 Å². The van der Waals surface area contributed by atoms with Gasteiger partial charge in [0.15, 0.2) is 17.5 Å². The molecule has 0 aliphatic rings. The van der Waals surface area contributed by atoms with Crippen molar-refractivity contribution in [1.29, 1.82) is 0 Å². The molecule has 0 amide bonds. The van der Waals surface area contributed by atoms with E-state index < -0.39 is 0 Å². The van der Waals surface area contributed by atoms with E-state index in [2.05, 4.69) is 41.3 Å². The number of ether oxygens (including phenoxy) is 2. The van der Waals surface area contributed by atoms with Crippen LogP contribution in [0.4, 0.5) is 0 Å². The van der Waals surface area contributed by atoms with Crippen molar-refractivity contribution < 1.29 is 9.47 Å². The molecule has 2 N–H and O–H groups in total. The molecule has 1 unspecified atom stereocenters. The van der Waals surface area contributed by atoms with Crippen molar-refractivity contribution in [3.05, 3.63) is 22.7 Å². The van der Waals surface area contributed by atoms with Crippen LogP contribution >= 0.6 is 11.6 Å². The van der Waals surface area contributed by atoms with E-state index in [0.29, 0.717) is 35.7 Å². The molecule has 160 valence electrons. The molecule has 0 saturated heterocycles. The van der Waals surface area contributed by atoms with Gasteiger partial charge in [-0.1, -0.05) is 25.4 Å². The normalized spacial score (nSPS) is 12.8. The molecule has 1 aromatic rings. The number of nitrogens with one attached hydrogen (secondary N) is 2. The summed E-state index contributed by atoms with van der Waals surface area (Å²) in [5, 5.41) is 7.34. The van der Waals surface area contributed by atoms with Gasteiger partial charge in [-0.05, 0) is 64.0 Å². The summed E-state index contributed by atoms with van der Waals surface area (Å²) in [5.74, 6) is 2.00. The van der Waals surface area contributed by atoms with Gasteiger partial charge in [0.25, 0.3) is 0 Å². The van der Waals surface area contributed by atoms with Gasteiger partial charge in [0.2, 0.25) is 0 Å². The van der Waals surface area contributed by atoms with Crippen molar-refractivity contribution in [2.75, 3.05) is 40.4 Å². The van der Waals surface area contributed by atoms with E-state index in [4.69, 9.17) is 21.1 Å². The zero-order valence-electron chi connectivity index (χ0n) is 18.3. The van der Waals surface area contributed by atoms with Gasteiger partial charge in [0, 0.05) is 19.6 Å². The van der Waals surface area contributed by atoms with Gasteiger partial charge in [-0.2, -0.15) is 0 Å². The van der Waals surface area contributed by atoms with E-state index in [0.717, 1.165) is 37.6 Å². The molecule has 1 aromatic carbocycles. The molecule has 0 aliphatic carbocycles. The van der Waals surface area contributed by atoms with E-state index in [-0.39, 0.29) is 0 Å². The molecule has 1 rings (SSSR count). The number of halogens is 1. The van der Waals surface area contributed by atoms with E-state index >= 15 is 0 Å². The minimum Gasteiger partial charge on any atom is -0.493 e. The fraction of sp³-hybridized carbons (Fsp3) is 0.667. The topological polar surface area (TPSA) is 58.1 Å².